The Morgan fingerprint density at radius 2 is 1.72 bits per heavy atom. The third-order valence-electron chi connectivity index (χ3n) is 2.66. The quantitative estimate of drug-likeness (QED) is 0.534. The lowest BCUT2D eigenvalue weighted by Gasteiger charge is -2.35. The molecule has 0 heterocycles. The number of carboxylic acid groups (broad SMARTS) is 1. The average molecular weight is 261 g/mol. The SMILES string of the molecule is CC(C)[C@H](N)C(=O)[C@@](O)(CC(=O)O)C[N+](C)(C)C. The molecule has 6 nitrogen and oxygen atoms in total. The van der Waals surface area contributed by atoms with Crippen LogP contribution in [0.4, 0.5) is 0 Å². The molecule has 6 heteroatoms. The summed E-state index contributed by atoms with van der Waals surface area (Å²) in [5.74, 6) is -1.96. The molecule has 0 saturated heterocycles. The fourth-order valence-corrected chi connectivity index (χ4v) is 1.87. The van der Waals surface area contributed by atoms with Gasteiger partial charge in [-0.15, -0.1) is 0 Å². The van der Waals surface area contributed by atoms with Crippen LogP contribution in [0.1, 0.15) is 20.3 Å². The van der Waals surface area contributed by atoms with Crippen molar-refractivity contribution in [3.05, 3.63) is 0 Å². The highest BCUT2D eigenvalue weighted by molar-refractivity contribution is 5.94. The number of nitrogens with zero attached hydrogens (tertiary/aromatic N) is 1. The lowest BCUT2D eigenvalue weighted by molar-refractivity contribution is -0.875. The Morgan fingerprint density at radius 3 is 2.00 bits per heavy atom. The molecule has 18 heavy (non-hydrogen) atoms. The molecule has 0 aliphatic heterocycles. The molecule has 0 saturated carbocycles. The number of carboxylic acids is 1. The Labute approximate surface area is 108 Å². The number of nitrogens with two attached hydrogens (primary N) is 1. The van der Waals surface area contributed by atoms with Gasteiger partial charge in [0.05, 0.1) is 33.6 Å². The van der Waals surface area contributed by atoms with Crippen LogP contribution in [0.2, 0.25) is 0 Å². The molecule has 0 aliphatic carbocycles. The van der Waals surface area contributed by atoms with Gasteiger partial charge in [0.15, 0.2) is 11.4 Å². The molecular weight excluding hydrogens is 236 g/mol. The van der Waals surface area contributed by atoms with E-state index in [1.54, 1.807) is 35.0 Å². The molecule has 0 rings (SSSR count). The van der Waals surface area contributed by atoms with Crippen LogP contribution in [0.5, 0.6) is 0 Å². The summed E-state index contributed by atoms with van der Waals surface area (Å²) in [6, 6.07) is -0.860. The second-order valence-electron chi connectivity index (χ2n) is 6.18. The van der Waals surface area contributed by atoms with Crippen molar-refractivity contribution < 1.29 is 24.3 Å². The minimum atomic E-state index is -1.92. The van der Waals surface area contributed by atoms with Crippen LogP contribution in [0.15, 0.2) is 0 Å². The molecule has 0 aromatic heterocycles. The maximum absolute atomic E-state index is 12.2. The summed E-state index contributed by atoms with van der Waals surface area (Å²) in [6.45, 7) is 3.53. The third-order valence-corrected chi connectivity index (χ3v) is 2.66. The highest BCUT2D eigenvalue weighted by Crippen LogP contribution is 2.19. The fourth-order valence-electron chi connectivity index (χ4n) is 1.87. The predicted molar refractivity (Wildman–Crippen MR) is 67.9 cm³/mol. The molecule has 0 aromatic rings. The van der Waals surface area contributed by atoms with Gasteiger partial charge in [0, 0.05) is 0 Å². The Kier molecular flexibility index (Phi) is 5.46. The number of ketones is 1. The molecule has 0 amide bonds. The van der Waals surface area contributed by atoms with Crippen LogP contribution in [0, 0.1) is 5.92 Å². The Hall–Kier alpha value is -0.980. The van der Waals surface area contributed by atoms with Gasteiger partial charge in [-0.2, -0.15) is 0 Å². The number of hydrogen-bond donors (Lipinski definition) is 3. The van der Waals surface area contributed by atoms with E-state index in [0.717, 1.165) is 0 Å². The van der Waals surface area contributed by atoms with Gasteiger partial charge >= 0.3 is 5.97 Å². The molecule has 0 aromatic carbocycles. The topological polar surface area (TPSA) is 101 Å². The molecular formula is C12H25N2O4+. The van der Waals surface area contributed by atoms with E-state index in [0.29, 0.717) is 0 Å². The van der Waals surface area contributed by atoms with E-state index in [1.807, 2.05) is 0 Å². The number of aliphatic carboxylic acids is 1. The van der Waals surface area contributed by atoms with Crippen molar-refractivity contribution in [1.82, 2.24) is 0 Å². The van der Waals surface area contributed by atoms with E-state index in [9.17, 15) is 14.7 Å². The van der Waals surface area contributed by atoms with Gasteiger partial charge in [-0.25, -0.2) is 0 Å². The van der Waals surface area contributed by atoms with Crippen molar-refractivity contribution >= 4 is 11.8 Å². The maximum atomic E-state index is 12.2. The number of aliphatic hydroxyl groups is 1. The minimum absolute atomic E-state index is 0.0125. The van der Waals surface area contributed by atoms with Crippen LogP contribution in [-0.4, -0.2) is 65.8 Å². The van der Waals surface area contributed by atoms with Crippen LogP contribution < -0.4 is 5.73 Å². The van der Waals surface area contributed by atoms with Gasteiger partial charge in [0.25, 0.3) is 0 Å². The van der Waals surface area contributed by atoms with Crippen LogP contribution in [-0.2, 0) is 9.59 Å². The number of likely N-dealkylation sites (N-methyl/N-ethyl adjacent to an activating group) is 1. The zero-order valence-electron chi connectivity index (χ0n) is 11.8. The summed E-state index contributed by atoms with van der Waals surface area (Å²) in [4.78, 5) is 23.0. The largest absolute Gasteiger partial charge is 0.481 e. The van der Waals surface area contributed by atoms with E-state index in [4.69, 9.17) is 10.8 Å². The van der Waals surface area contributed by atoms with Crippen LogP contribution >= 0.6 is 0 Å². The van der Waals surface area contributed by atoms with Crippen LogP contribution in [0.25, 0.3) is 0 Å². The molecule has 0 radical (unpaired) electrons. The molecule has 106 valence electrons. The third kappa shape index (κ3) is 5.12. The van der Waals surface area contributed by atoms with Crippen molar-refractivity contribution in [2.75, 3.05) is 27.7 Å². The molecule has 0 bridgehead atoms. The summed E-state index contributed by atoms with van der Waals surface area (Å²) in [6.07, 6.45) is -0.623. The van der Waals surface area contributed by atoms with Gasteiger partial charge in [-0.3, -0.25) is 9.59 Å². The van der Waals surface area contributed by atoms with Crippen molar-refractivity contribution in [2.45, 2.75) is 31.9 Å². The second kappa shape index (κ2) is 5.77. The van der Waals surface area contributed by atoms with E-state index in [1.165, 1.54) is 0 Å². The molecule has 2 atom stereocenters. The number of hydrogen-bond acceptors (Lipinski definition) is 4. The fraction of sp³-hybridized carbons (Fsp3) is 0.833. The zero-order chi connectivity index (χ0) is 14.7. The minimum Gasteiger partial charge on any atom is -0.481 e. The molecule has 0 fully saturated rings. The Bertz CT molecular complexity index is 323. The van der Waals surface area contributed by atoms with Crippen LogP contribution in [0.3, 0.4) is 0 Å². The number of quaternary nitrogens is 1. The van der Waals surface area contributed by atoms with Crippen molar-refractivity contribution in [1.29, 1.82) is 0 Å². The second-order valence-corrected chi connectivity index (χ2v) is 6.18. The zero-order valence-corrected chi connectivity index (χ0v) is 11.8. The smallest absolute Gasteiger partial charge is 0.306 e. The molecule has 0 unspecified atom stereocenters. The highest BCUT2D eigenvalue weighted by Gasteiger charge is 2.45. The first-order valence-corrected chi connectivity index (χ1v) is 5.93. The Morgan fingerprint density at radius 1 is 1.28 bits per heavy atom. The average Bonchev–Trinajstić information content (AvgIpc) is 2.10. The number of carbonyl (C=O) groups is 2. The first kappa shape index (κ1) is 17.0. The normalized spacial score (nSPS) is 17.3. The lowest BCUT2D eigenvalue weighted by atomic mass is 9.85. The van der Waals surface area contributed by atoms with E-state index >= 15 is 0 Å². The Balaban J connectivity index is 5.21. The van der Waals surface area contributed by atoms with E-state index < -0.39 is 29.8 Å². The summed E-state index contributed by atoms with van der Waals surface area (Å²) in [7, 11) is 5.34. The molecule has 4 N–H and O–H groups in total. The van der Waals surface area contributed by atoms with Gasteiger partial charge < -0.3 is 20.4 Å². The van der Waals surface area contributed by atoms with Crippen molar-refractivity contribution in [3.8, 4) is 0 Å². The van der Waals surface area contributed by atoms with E-state index in [-0.39, 0.29) is 16.9 Å². The highest BCUT2D eigenvalue weighted by atomic mass is 16.4. The maximum Gasteiger partial charge on any atom is 0.306 e. The molecule has 0 spiro atoms. The van der Waals surface area contributed by atoms with Gasteiger partial charge in [0.1, 0.15) is 6.54 Å². The standard InChI is InChI=1S/C12H24N2O4/c1-8(2)10(13)11(17)12(18,6-9(15)16)7-14(3,4)5/h8,10,18H,6-7,13H2,1-5H3/p+1/t10-,12+/m0/s1. The van der Waals surface area contributed by atoms with Crippen molar-refractivity contribution in [2.24, 2.45) is 11.7 Å². The lowest BCUT2D eigenvalue weighted by Crippen LogP contribution is -2.59. The van der Waals surface area contributed by atoms with Crippen molar-refractivity contribution in [3.63, 3.8) is 0 Å². The predicted octanol–water partition coefficient (Wildman–Crippen LogP) is -0.549. The van der Waals surface area contributed by atoms with Gasteiger partial charge in [-0.05, 0) is 5.92 Å². The number of Topliss-reactive ketones (excluding diaryl/α,β-unsaturated/α-hetero) is 1. The summed E-state index contributed by atoms with van der Waals surface area (Å²) in [5, 5.41) is 19.2. The monoisotopic (exact) mass is 261 g/mol. The van der Waals surface area contributed by atoms with E-state index in [2.05, 4.69) is 0 Å². The summed E-state index contributed by atoms with van der Waals surface area (Å²) >= 11 is 0. The van der Waals surface area contributed by atoms with Gasteiger partial charge in [-0.1, -0.05) is 13.8 Å². The summed E-state index contributed by atoms with van der Waals surface area (Å²) < 4.78 is 0.278. The first-order valence-electron chi connectivity index (χ1n) is 5.93. The first-order chi connectivity index (χ1) is 7.89. The van der Waals surface area contributed by atoms with Gasteiger partial charge in [0.2, 0.25) is 0 Å². The summed E-state index contributed by atoms with van der Waals surface area (Å²) in [5.41, 5.74) is 3.81. The molecule has 0 aliphatic rings. The number of rotatable bonds is 7. The number of carbonyl (C=O) groups excluding carboxylic acids is 1.